The minimum Gasteiger partial charge on any atom is -0.337 e. The van der Waals surface area contributed by atoms with E-state index in [-0.39, 0.29) is 5.91 Å². The molecule has 0 aromatic carbocycles. The van der Waals surface area contributed by atoms with Crippen LogP contribution in [0.5, 0.6) is 0 Å². The number of pyridine rings is 2. The third kappa shape index (κ3) is 2.50. The zero-order valence-electron chi connectivity index (χ0n) is 11.7. The molecule has 1 amide bonds. The summed E-state index contributed by atoms with van der Waals surface area (Å²) in [5.74, 6) is 0.00412. The van der Waals surface area contributed by atoms with Gasteiger partial charge in [-0.2, -0.15) is 0 Å². The summed E-state index contributed by atoms with van der Waals surface area (Å²) in [7, 11) is 1.89. The summed E-state index contributed by atoms with van der Waals surface area (Å²) >= 11 is 0. The van der Waals surface area contributed by atoms with Crippen molar-refractivity contribution in [2.24, 2.45) is 0 Å². The molecule has 2 heterocycles. The molecule has 0 bridgehead atoms. The molecule has 1 aliphatic carbocycles. The predicted molar refractivity (Wildman–Crippen MR) is 78.5 cm³/mol. The molecule has 20 heavy (non-hydrogen) atoms. The molecule has 0 aliphatic heterocycles. The second kappa shape index (κ2) is 5.57. The van der Waals surface area contributed by atoms with E-state index < -0.39 is 0 Å². The normalized spacial score (nSPS) is 16.2. The van der Waals surface area contributed by atoms with Gasteiger partial charge in [0.2, 0.25) is 0 Å². The topological polar surface area (TPSA) is 46.1 Å². The van der Waals surface area contributed by atoms with Crippen LogP contribution in [0.1, 0.15) is 42.6 Å². The third-order valence-corrected chi connectivity index (χ3v) is 4.13. The molecule has 4 heteroatoms. The smallest absolute Gasteiger partial charge is 0.272 e. The summed E-state index contributed by atoms with van der Waals surface area (Å²) in [6.07, 6.45) is 7.64. The van der Waals surface area contributed by atoms with Crippen LogP contribution in [0.2, 0.25) is 0 Å². The van der Waals surface area contributed by atoms with Crippen LogP contribution in [0.4, 0.5) is 0 Å². The van der Waals surface area contributed by atoms with Crippen LogP contribution in [0.3, 0.4) is 0 Å². The number of amides is 1. The Morgan fingerprint density at radius 2 is 2.00 bits per heavy atom. The number of fused-ring (bicyclic) bond motifs is 1. The van der Waals surface area contributed by atoms with Crippen molar-refractivity contribution in [3.05, 3.63) is 36.2 Å². The lowest BCUT2D eigenvalue weighted by Gasteiger charge is -2.31. The zero-order valence-corrected chi connectivity index (χ0v) is 11.7. The van der Waals surface area contributed by atoms with Gasteiger partial charge in [-0.3, -0.25) is 4.79 Å². The predicted octanol–water partition coefficient (Wildman–Crippen LogP) is 3.03. The summed E-state index contributed by atoms with van der Waals surface area (Å²) in [5.41, 5.74) is 1.12. The lowest BCUT2D eigenvalue weighted by Crippen LogP contribution is -2.38. The van der Waals surface area contributed by atoms with Gasteiger partial charge in [-0.05, 0) is 37.1 Å². The van der Waals surface area contributed by atoms with E-state index in [1.54, 1.807) is 12.3 Å². The fourth-order valence-corrected chi connectivity index (χ4v) is 2.89. The van der Waals surface area contributed by atoms with Gasteiger partial charge >= 0.3 is 0 Å². The van der Waals surface area contributed by atoms with Crippen LogP contribution < -0.4 is 0 Å². The number of hydrogen-bond donors (Lipinski definition) is 0. The van der Waals surface area contributed by atoms with Crippen molar-refractivity contribution < 1.29 is 4.79 Å². The molecule has 3 rings (SSSR count). The molecule has 0 saturated heterocycles. The van der Waals surface area contributed by atoms with Crippen molar-refractivity contribution in [3.8, 4) is 0 Å². The Labute approximate surface area is 118 Å². The van der Waals surface area contributed by atoms with Crippen molar-refractivity contribution in [2.75, 3.05) is 7.05 Å². The molecular weight excluding hydrogens is 250 g/mol. The number of nitrogens with zero attached hydrogens (tertiary/aromatic N) is 3. The first-order chi connectivity index (χ1) is 9.75. The van der Waals surface area contributed by atoms with Crippen molar-refractivity contribution in [1.82, 2.24) is 14.9 Å². The Morgan fingerprint density at radius 1 is 1.20 bits per heavy atom. The van der Waals surface area contributed by atoms with Crippen LogP contribution in [0, 0.1) is 0 Å². The quantitative estimate of drug-likeness (QED) is 0.841. The highest BCUT2D eigenvalue weighted by Gasteiger charge is 2.23. The lowest BCUT2D eigenvalue weighted by atomic mass is 9.94. The number of rotatable bonds is 2. The van der Waals surface area contributed by atoms with Crippen molar-refractivity contribution in [3.63, 3.8) is 0 Å². The number of hydrogen-bond acceptors (Lipinski definition) is 3. The maximum absolute atomic E-state index is 12.5. The van der Waals surface area contributed by atoms with Gasteiger partial charge in [0.25, 0.3) is 5.91 Å². The monoisotopic (exact) mass is 269 g/mol. The lowest BCUT2D eigenvalue weighted by molar-refractivity contribution is 0.0690. The summed E-state index contributed by atoms with van der Waals surface area (Å²) < 4.78 is 0. The molecule has 4 nitrogen and oxygen atoms in total. The van der Waals surface area contributed by atoms with Crippen molar-refractivity contribution >= 4 is 16.9 Å². The van der Waals surface area contributed by atoms with E-state index in [0.29, 0.717) is 17.4 Å². The van der Waals surface area contributed by atoms with Crippen LogP contribution in [-0.2, 0) is 0 Å². The van der Waals surface area contributed by atoms with Gasteiger partial charge < -0.3 is 4.90 Å². The number of carbonyl (C=O) groups is 1. The summed E-state index contributed by atoms with van der Waals surface area (Å²) in [4.78, 5) is 23.0. The molecule has 0 atom stereocenters. The Kier molecular flexibility index (Phi) is 3.63. The molecule has 0 N–H and O–H groups in total. The summed E-state index contributed by atoms with van der Waals surface area (Å²) in [5, 5.41) is 0.962. The minimum atomic E-state index is 0.00412. The molecule has 0 radical (unpaired) electrons. The van der Waals surface area contributed by atoms with Crippen LogP contribution in [0.15, 0.2) is 30.5 Å². The zero-order chi connectivity index (χ0) is 13.9. The Hall–Kier alpha value is -1.97. The van der Waals surface area contributed by atoms with E-state index in [2.05, 4.69) is 9.97 Å². The maximum Gasteiger partial charge on any atom is 0.272 e. The van der Waals surface area contributed by atoms with Crippen LogP contribution in [-0.4, -0.2) is 33.9 Å². The van der Waals surface area contributed by atoms with E-state index >= 15 is 0 Å². The molecule has 0 unspecified atom stereocenters. The third-order valence-electron chi connectivity index (χ3n) is 4.13. The van der Waals surface area contributed by atoms with Gasteiger partial charge in [-0.1, -0.05) is 19.3 Å². The highest BCUT2D eigenvalue weighted by molar-refractivity contribution is 5.94. The Morgan fingerprint density at radius 3 is 2.80 bits per heavy atom. The molecule has 0 spiro atoms. The van der Waals surface area contributed by atoms with E-state index in [1.165, 1.54) is 19.3 Å². The Balaban J connectivity index is 1.83. The van der Waals surface area contributed by atoms with Crippen LogP contribution >= 0.6 is 0 Å². The van der Waals surface area contributed by atoms with E-state index in [4.69, 9.17) is 0 Å². The van der Waals surface area contributed by atoms with Crippen molar-refractivity contribution in [2.45, 2.75) is 38.1 Å². The molecule has 1 aliphatic rings. The number of aromatic nitrogens is 2. The standard InChI is InChI=1S/C16H19N3O/c1-19(13-7-3-2-4-8-13)16(20)14-10-9-12-6-5-11-17-15(12)18-14/h5-6,9-11,13H,2-4,7-8H2,1H3. The summed E-state index contributed by atoms with van der Waals surface area (Å²) in [6.45, 7) is 0. The molecule has 2 aromatic rings. The molecule has 1 saturated carbocycles. The van der Waals surface area contributed by atoms with Gasteiger partial charge in [0.15, 0.2) is 5.65 Å². The second-order valence-electron chi connectivity index (χ2n) is 5.45. The molecule has 1 fully saturated rings. The van der Waals surface area contributed by atoms with E-state index in [9.17, 15) is 4.79 Å². The Bertz CT molecular complexity index is 620. The average Bonchev–Trinajstić information content (AvgIpc) is 2.54. The highest BCUT2D eigenvalue weighted by Crippen LogP contribution is 2.22. The SMILES string of the molecule is CN(C(=O)c1ccc2cccnc2n1)C1CCCCC1. The first-order valence-corrected chi connectivity index (χ1v) is 7.24. The molecule has 104 valence electrons. The molecule has 2 aromatic heterocycles. The number of carbonyl (C=O) groups excluding carboxylic acids is 1. The van der Waals surface area contributed by atoms with E-state index in [1.807, 2.05) is 30.1 Å². The average molecular weight is 269 g/mol. The van der Waals surface area contributed by atoms with Gasteiger partial charge in [0.1, 0.15) is 5.69 Å². The van der Waals surface area contributed by atoms with Crippen LogP contribution in [0.25, 0.3) is 11.0 Å². The first-order valence-electron chi connectivity index (χ1n) is 7.24. The van der Waals surface area contributed by atoms with Crippen molar-refractivity contribution in [1.29, 1.82) is 0 Å². The van der Waals surface area contributed by atoms with Gasteiger partial charge in [-0.25, -0.2) is 9.97 Å². The largest absolute Gasteiger partial charge is 0.337 e. The molecular formula is C16H19N3O. The van der Waals surface area contributed by atoms with Gasteiger partial charge in [0, 0.05) is 24.7 Å². The van der Waals surface area contributed by atoms with Gasteiger partial charge in [0.05, 0.1) is 0 Å². The first kappa shape index (κ1) is 13.0. The minimum absolute atomic E-state index is 0.00412. The summed E-state index contributed by atoms with van der Waals surface area (Å²) in [6, 6.07) is 7.90. The second-order valence-corrected chi connectivity index (χ2v) is 5.45. The van der Waals surface area contributed by atoms with E-state index in [0.717, 1.165) is 18.2 Å². The highest BCUT2D eigenvalue weighted by atomic mass is 16.2. The fourth-order valence-electron chi connectivity index (χ4n) is 2.89. The fraction of sp³-hybridized carbons (Fsp3) is 0.438. The maximum atomic E-state index is 12.5. The van der Waals surface area contributed by atoms with Gasteiger partial charge in [-0.15, -0.1) is 0 Å².